The normalized spacial score (nSPS) is 21.8. The van der Waals surface area contributed by atoms with Crippen LogP contribution in [0.4, 0.5) is 0 Å². The number of nitrogens with zero attached hydrogens (tertiary/aromatic N) is 1. The van der Waals surface area contributed by atoms with Crippen LogP contribution in [-0.2, 0) is 16.0 Å². The summed E-state index contributed by atoms with van der Waals surface area (Å²) in [6.07, 6.45) is 2.89. The lowest BCUT2D eigenvalue weighted by molar-refractivity contribution is -0.144. The van der Waals surface area contributed by atoms with Gasteiger partial charge in [0.2, 0.25) is 5.91 Å². The minimum absolute atomic E-state index is 0.0192. The van der Waals surface area contributed by atoms with E-state index in [0.717, 1.165) is 30.6 Å². The maximum atomic E-state index is 12.6. The van der Waals surface area contributed by atoms with Crippen molar-refractivity contribution >= 4 is 35.0 Å². The number of hydrogen-bond donors (Lipinski definition) is 1. The number of carbonyl (C=O) groups excluding carboxylic acids is 1. The molecule has 1 fully saturated rings. The van der Waals surface area contributed by atoms with E-state index in [-0.39, 0.29) is 23.7 Å². The number of aliphatic carboxylic acids is 1. The molecule has 1 atom stereocenters. The largest absolute Gasteiger partial charge is 0.480 e. The van der Waals surface area contributed by atoms with E-state index in [9.17, 15) is 9.59 Å². The van der Waals surface area contributed by atoms with E-state index in [0.29, 0.717) is 0 Å². The first-order valence-electron chi connectivity index (χ1n) is 6.37. The molecule has 1 aromatic heterocycles. The van der Waals surface area contributed by atoms with Gasteiger partial charge in [-0.05, 0) is 42.0 Å². The molecule has 1 unspecified atom stereocenters. The zero-order valence-electron chi connectivity index (χ0n) is 10.4. The molecule has 2 aliphatic rings. The van der Waals surface area contributed by atoms with Crippen molar-refractivity contribution in [1.82, 2.24) is 4.90 Å². The van der Waals surface area contributed by atoms with Gasteiger partial charge >= 0.3 is 5.97 Å². The van der Waals surface area contributed by atoms with Crippen LogP contribution in [0, 0.1) is 0 Å². The van der Waals surface area contributed by atoms with Gasteiger partial charge in [-0.2, -0.15) is 0 Å². The molecule has 102 valence electrons. The van der Waals surface area contributed by atoms with Crippen LogP contribution in [0.15, 0.2) is 11.4 Å². The number of carboxylic acids is 1. The zero-order valence-corrected chi connectivity index (χ0v) is 12.0. The van der Waals surface area contributed by atoms with Crippen LogP contribution in [0.3, 0.4) is 0 Å². The minimum Gasteiger partial charge on any atom is -0.480 e. The van der Waals surface area contributed by atoms with Gasteiger partial charge in [0, 0.05) is 10.9 Å². The molecule has 1 aliphatic heterocycles. The topological polar surface area (TPSA) is 57.6 Å². The molecule has 1 saturated carbocycles. The quantitative estimate of drug-likeness (QED) is 0.925. The number of amides is 1. The molecule has 2 heterocycles. The molecule has 0 aromatic carbocycles. The molecule has 19 heavy (non-hydrogen) atoms. The number of hydrogen-bond acceptors (Lipinski definition) is 4. The lowest BCUT2D eigenvalue weighted by Gasteiger charge is -2.28. The summed E-state index contributed by atoms with van der Waals surface area (Å²) in [7, 11) is 0. The van der Waals surface area contributed by atoms with Crippen molar-refractivity contribution in [3.8, 4) is 0 Å². The Morgan fingerprint density at radius 3 is 2.89 bits per heavy atom. The number of thiophene rings is 1. The van der Waals surface area contributed by atoms with Gasteiger partial charge in [0.05, 0.1) is 0 Å². The average molecular weight is 297 g/mol. The van der Waals surface area contributed by atoms with E-state index in [1.807, 2.05) is 11.4 Å². The van der Waals surface area contributed by atoms with Gasteiger partial charge in [0.25, 0.3) is 0 Å². The summed E-state index contributed by atoms with van der Waals surface area (Å²) in [4.78, 5) is 26.4. The van der Waals surface area contributed by atoms with Crippen LogP contribution in [0.2, 0.25) is 0 Å². The van der Waals surface area contributed by atoms with E-state index in [1.54, 1.807) is 28.0 Å². The number of fused-ring (bicyclic) bond motifs is 1. The standard InChI is InChI=1S/C13H15NO3S2/c15-11(16)7-14(8-1-2-8)13(17)12-9-3-5-18-10(9)4-6-19-12/h3,5,8,12H,1-2,4,6-7H2,(H,15,16). The number of carbonyl (C=O) groups is 2. The highest BCUT2D eigenvalue weighted by Gasteiger charge is 2.39. The lowest BCUT2D eigenvalue weighted by atomic mass is 10.1. The number of rotatable bonds is 4. The fourth-order valence-corrected chi connectivity index (χ4v) is 4.78. The number of thioether (sulfide) groups is 1. The molecule has 0 saturated heterocycles. The van der Waals surface area contributed by atoms with Crippen molar-refractivity contribution in [2.24, 2.45) is 0 Å². The zero-order chi connectivity index (χ0) is 13.4. The highest BCUT2D eigenvalue weighted by Crippen LogP contribution is 2.42. The fourth-order valence-electron chi connectivity index (χ4n) is 2.42. The van der Waals surface area contributed by atoms with Crippen LogP contribution in [0.25, 0.3) is 0 Å². The third kappa shape index (κ3) is 2.65. The Balaban J connectivity index is 1.81. The second-order valence-electron chi connectivity index (χ2n) is 4.89. The van der Waals surface area contributed by atoms with E-state index in [1.165, 1.54) is 4.88 Å². The van der Waals surface area contributed by atoms with Gasteiger partial charge in [-0.15, -0.1) is 23.1 Å². The van der Waals surface area contributed by atoms with Crippen molar-refractivity contribution < 1.29 is 14.7 Å². The molecule has 1 amide bonds. The highest BCUT2D eigenvalue weighted by atomic mass is 32.2. The molecule has 6 heteroatoms. The Kier molecular flexibility index (Phi) is 3.54. The van der Waals surface area contributed by atoms with Crippen LogP contribution < -0.4 is 0 Å². The van der Waals surface area contributed by atoms with Gasteiger partial charge in [-0.25, -0.2) is 0 Å². The smallest absolute Gasteiger partial charge is 0.323 e. The van der Waals surface area contributed by atoms with Crippen LogP contribution >= 0.6 is 23.1 Å². The summed E-state index contributed by atoms with van der Waals surface area (Å²) in [6, 6.07) is 2.16. The van der Waals surface area contributed by atoms with E-state index in [4.69, 9.17) is 5.11 Å². The molecule has 1 aliphatic carbocycles. The maximum absolute atomic E-state index is 12.6. The molecule has 0 radical (unpaired) electrons. The maximum Gasteiger partial charge on any atom is 0.323 e. The van der Waals surface area contributed by atoms with Crippen molar-refractivity contribution in [2.45, 2.75) is 30.6 Å². The Hall–Kier alpha value is -1.01. The fraction of sp³-hybridized carbons (Fsp3) is 0.538. The number of carboxylic acid groups (broad SMARTS) is 1. The predicted molar refractivity (Wildman–Crippen MR) is 75.6 cm³/mol. The van der Waals surface area contributed by atoms with Crippen LogP contribution in [0.1, 0.15) is 28.5 Å². The first-order valence-corrected chi connectivity index (χ1v) is 8.30. The van der Waals surface area contributed by atoms with Crippen LogP contribution in [0.5, 0.6) is 0 Å². The Morgan fingerprint density at radius 2 is 2.21 bits per heavy atom. The molecule has 0 bridgehead atoms. The van der Waals surface area contributed by atoms with Gasteiger partial charge in [-0.1, -0.05) is 0 Å². The van der Waals surface area contributed by atoms with Gasteiger partial charge < -0.3 is 10.0 Å². The van der Waals surface area contributed by atoms with Gasteiger partial charge in [0.1, 0.15) is 11.8 Å². The molecule has 3 rings (SSSR count). The first kappa shape index (κ1) is 13.0. The van der Waals surface area contributed by atoms with Gasteiger partial charge in [-0.3, -0.25) is 9.59 Å². The summed E-state index contributed by atoms with van der Waals surface area (Å²) in [6.45, 7) is -0.167. The summed E-state index contributed by atoms with van der Waals surface area (Å²) < 4.78 is 0. The number of aryl methyl sites for hydroxylation is 1. The van der Waals surface area contributed by atoms with E-state index >= 15 is 0 Å². The monoisotopic (exact) mass is 297 g/mol. The molecule has 1 N–H and O–H groups in total. The third-order valence-electron chi connectivity index (χ3n) is 3.48. The van der Waals surface area contributed by atoms with Crippen molar-refractivity contribution in [3.63, 3.8) is 0 Å². The molecular formula is C13H15NO3S2. The SMILES string of the molecule is O=C(O)CN(C(=O)C1SCCc2sccc21)C1CC1. The first-order chi connectivity index (χ1) is 9.16. The van der Waals surface area contributed by atoms with E-state index < -0.39 is 5.97 Å². The molecule has 0 spiro atoms. The van der Waals surface area contributed by atoms with Crippen molar-refractivity contribution in [3.05, 3.63) is 21.9 Å². The minimum atomic E-state index is -0.924. The van der Waals surface area contributed by atoms with Crippen molar-refractivity contribution in [1.29, 1.82) is 0 Å². The predicted octanol–water partition coefficient (Wildman–Crippen LogP) is 2.15. The molecule has 4 nitrogen and oxygen atoms in total. The summed E-state index contributed by atoms with van der Waals surface area (Å²) in [5, 5.41) is 10.8. The molecule has 1 aromatic rings. The third-order valence-corrected chi connectivity index (χ3v) is 5.70. The summed E-state index contributed by atoms with van der Waals surface area (Å²) in [5.74, 6) is -0.00368. The van der Waals surface area contributed by atoms with Crippen LogP contribution in [-0.4, -0.2) is 40.2 Å². The summed E-state index contributed by atoms with van der Waals surface area (Å²) in [5.41, 5.74) is 1.10. The second-order valence-corrected chi connectivity index (χ2v) is 7.10. The summed E-state index contributed by atoms with van der Waals surface area (Å²) >= 11 is 3.34. The Labute approximate surface area is 119 Å². The molecular weight excluding hydrogens is 282 g/mol. The second kappa shape index (κ2) is 5.17. The van der Waals surface area contributed by atoms with Gasteiger partial charge in [0.15, 0.2) is 0 Å². The van der Waals surface area contributed by atoms with Crippen molar-refractivity contribution in [2.75, 3.05) is 12.3 Å². The Bertz CT molecular complexity index is 510. The highest BCUT2D eigenvalue weighted by molar-refractivity contribution is 8.00. The lowest BCUT2D eigenvalue weighted by Crippen LogP contribution is -2.40. The van der Waals surface area contributed by atoms with E-state index in [2.05, 4.69) is 0 Å². The Morgan fingerprint density at radius 1 is 1.42 bits per heavy atom. The average Bonchev–Trinajstić information content (AvgIpc) is 3.11.